The number of hydrogen-bond acceptors (Lipinski definition) is 2. The SMILES string of the molecule is FC(F)/C(Cl)=C/[P+](c1ccccc1)(c1ccccc1)c1ccccc1.O=P([O-])(Cl)Cl. The minimum absolute atomic E-state index is 0.412. The Morgan fingerprint density at radius 3 is 1.30 bits per heavy atom. The normalized spacial score (nSPS) is 12.3. The Balaban J connectivity index is 0.000000575. The zero-order chi connectivity index (χ0) is 22.2. The third-order valence-electron chi connectivity index (χ3n) is 4.02. The van der Waals surface area contributed by atoms with Crippen LogP contribution in [0.4, 0.5) is 8.78 Å². The Hall–Kier alpha value is -1.25. The van der Waals surface area contributed by atoms with E-state index in [0.29, 0.717) is 0 Å². The van der Waals surface area contributed by atoms with Gasteiger partial charge in [0.1, 0.15) is 28.2 Å². The molecule has 0 heterocycles. The number of hydrogen-bond donors (Lipinski definition) is 0. The quantitative estimate of drug-likeness (QED) is 0.383. The van der Waals surface area contributed by atoms with Crippen molar-refractivity contribution in [3.63, 3.8) is 0 Å². The van der Waals surface area contributed by atoms with Crippen LogP contribution >= 0.6 is 47.4 Å². The summed E-state index contributed by atoms with van der Waals surface area (Å²) in [7, 11) is -2.44. The highest BCUT2D eigenvalue weighted by molar-refractivity contribution is 8.03. The fourth-order valence-corrected chi connectivity index (χ4v) is 7.09. The molecule has 0 bridgehead atoms. The van der Waals surface area contributed by atoms with E-state index in [1.165, 1.54) is 0 Å². The molecule has 9 heteroatoms. The summed E-state index contributed by atoms with van der Waals surface area (Å²) < 4.78 is 35.8. The first-order valence-corrected chi connectivity index (χ1v) is 14.2. The maximum absolute atomic E-state index is 13.3. The molecule has 0 aromatic heterocycles. The first-order chi connectivity index (χ1) is 14.1. The second-order valence-corrected chi connectivity index (χ2v) is 13.7. The molecule has 0 spiro atoms. The fraction of sp³-hybridized carbons (Fsp3) is 0.0476. The van der Waals surface area contributed by atoms with Crippen LogP contribution in [0.15, 0.2) is 102 Å². The molecule has 0 aliphatic heterocycles. The number of benzene rings is 3. The highest BCUT2D eigenvalue weighted by atomic mass is 35.9. The molecule has 0 fully saturated rings. The zero-order valence-corrected chi connectivity index (χ0v) is 19.5. The van der Waals surface area contributed by atoms with Gasteiger partial charge in [-0.05, 0) is 36.4 Å². The summed E-state index contributed by atoms with van der Waals surface area (Å²) in [6.45, 7) is 0. The lowest BCUT2D eigenvalue weighted by Crippen LogP contribution is -2.30. The molecule has 0 aliphatic carbocycles. The monoisotopic (exact) mass is 506 g/mol. The second-order valence-electron chi connectivity index (χ2n) is 5.96. The average molecular weight is 508 g/mol. The number of rotatable bonds is 5. The number of alkyl halides is 2. The van der Waals surface area contributed by atoms with Gasteiger partial charge in [0, 0.05) is 0 Å². The van der Waals surface area contributed by atoms with Crippen LogP contribution in [0.5, 0.6) is 0 Å². The Morgan fingerprint density at radius 1 is 0.800 bits per heavy atom. The summed E-state index contributed by atoms with van der Waals surface area (Å²) in [6, 6.07) is 29.3. The predicted octanol–water partition coefficient (Wildman–Crippen LogP) is 6.26. The van der Waals surface area contributed by atoms with E-state index < -0.39 is 24.8 Å². The van der Waals surface area contributed by atoms with Gasteiger partial charge < -0.3 is 9.46 Å². The van der Waals surface area contributed by atoms with Crippen LogP contribution in [0.1, 0.15) is 0 Å². The molecule has 0 N–H and O–H groups in total. The van der Waals surface area contributed by atoms with E-state index in [1.807, 2.05) is 91.0 Å². The van der Waals surface area contributed by atoms with Crippen LogP contribution < -0.4 is 20.8 Å². The minimum atomic E-state index is -3.94. The lowest BCUT2D eigenvalue weighted by Gasteiger charge is -2.24. The third kappa shape index (κ3) is 7.17. The molecule has 0 unspecified atom stereocenters. The molecule has 0 amide bonds. The van der Waals surface area contributed by atoms with Gasteiger partial charge in [-0.1, -0.05) is 88.7 Å². The Labute approximate surface area is 189 Å². The van der Waals surface area contributed by atoms with E-state index in [1.54, 1.807) is 5.82 Å². The summed E-state index contributed by atoms with van der Waals surface area (Å²) in [5.74, 6) is 1.58. The highest BCUT2D eigenvalue weighted by Crippen LogP contribution is 2.58. The van der Waals surface area contributed by atoms with E-state index in [4.69, 9.17) is 11.6 Å². The first-order valence-electron chi connectivity index (χ1n) is 8.57. The van der Waals surface area contributed by atoms with Crippen molar-refractivity contribution >= 4 is 63.3 Å². The minimum Gasteiger partial charge on any atom is -0.776 e. The van der Waals surface area contributed by atoms with Crippen LogP contribution in [-0.2, 0) is 4.57 Å². The highest BCUT2D eigenvalue weighted by Gasteiger charge is 2.44. The van der Waals surface area contributed by atoms with Gasteiger partial charge in [0.05, 0.1) is 5.82 Å². The molecule has 0 saturated heterocycles. The van der Waals surface area contributed by atoms with E-state index in [0.717, 1.165) is 15.9 Å². The Bertz CT molecular complexity index is 894. The van der Waals surface area contributed by atoms with E-state index in [2.05, 4.69) is 22.5 Å². The second kappa shape index (κ2) is 11.4. The summed E-state index contributed by atoms with van der Waals surface area (Å²) >= 11 is 14.6. The van der Waals surface area contributed by atoms with E-state index in [-0.39, 0.29) is 0 Å². The smallest absolute Gasteiger partial charge is 0.277 e. The summed E-state index contributed by atoms with van der Waals surface area (Å²) in [5, 5.41) is 2.56. The van der Waals surface area contributed by atoms with Gasteiger partial charge >= 0.3 is 0 Å². The van der Waals surface area contributed by atoms with Crippen LogP contribution in [0.2, 0.25) is 0 Å². The molecule has 3 aromatic rings. The lowest BCUT2D eigenvalue weighted by atomic mass is 10.4. The Kier molecular flexibility index (Phi) is 9.50. The van der Waals surface area contributed by atoms with Crippen LogP contribution in [0.25, 0.3) is 0 Å². The van der Waals surface area contributed by atoms with Crippen molar-refractivity contribution in [1.82, 2.24) is 0 Å². The summed E-state index contributed by atoms with van der Waals surface area (Å²) in [5.41, 5.74) is 0. The van der Waals surface area contributed by atoms with Crippen molar-refractivity contribution in [2.24, 2.45) is 0 Å². The van der Waals surface area contributed by atoms with Gasteiger partial charge in [0.15, 0.2) is 6.07 Å². The fourth-order valence-electron chi connectivity index (χ4n) is 2.90. The number of allylic oxidation sites excluding steroid dienone is 1. The predicted molar refractivity (Wildman–Crippen MR) is 124 cm³/mol. The van der Waals surface area contributed by atoms with E-state index >= 15 is 0 Å². The van der Waals surface area contributed by atoms with Gasteiger partial charge in [-0.2, -0.15) is 0 Å². The van der Waals surface area contributed by atoms with Crippen molar-refractivity contribution in [1.29, 1.82) is 0 Å². The average Bonchev–Trinajstić information content (AvgIpc) is 2.72. The van der Waals surface area contributed by atoms with E-state index in [9.17, 15) is 18.2 Å². The molecule has 0 radical (unpaired) electrons. The van der Waals surface area contributed by atoms with Gasteiger partial charge in [0.25, 0.3) is 6.43 Å². The van der Waals surface area contributed by atoms with Crippen molar-refractivity contribution in [3.05, 3.63) is 102 Å². The van der Waals surface area contributed by atoms with Crippen molar-refractivity contribution < 1.29 is 18.2 Å². The molecule has 3 aromatic carbocycles. The topological polar surface area (TPSA) is 40.1 Å². The Morgan fingerprint density at radius 2 is 1.07 bits per heavy atom. The lowest BCUT2D eigenvalue weighted by molar-refractivity contribution is -0.162. The van der Waals surface area contributed by atoms with Gasteiger partial charge in [-0.25, -0.2) is 8.78 Å². The molecule has 158 valence electrons. The van der Waals surface area contributed by atoms with Crippen LogP contribution in [0.3, 0.4) is 0 Å². The maximum Gasteiger partial charge on any atom is 0.277 e. The standard InChI is InChI=1S/C21H17ClF2P.Cl2HO2P/c22-20(21(23)24)16-25(17-10-4-1-5-11-17,18-12-6-2-7-13-18)19-14-8-3-9-15-19;1-5(2,3)4/h1-16,21H;(H,3,4)/q+1;/p-1/b20-16-;. The maximum atomic E-state index is 13.3. The molecule has 0 saturated carbocycles. The molecule has 3 rings (SSSR count). The molecule has 30 heavy (non-hydrogen) atoms. The van der Waals surface area contributed by atoms with Crippen molar-refractivity contribution in [3.8, 4) is 0 Å². The molecular weight excluding hydrogens is 491 g/mol. The molecule has 2 nitrogen and oxygen atoms in total. The van der Waals surface area contributed by atoms with Crippen molar-refractivity contribution in [2.45, 2.75) is 6.43 Å². The van der Waals surface area contributed by atoms with Crippen LogP contribution in [0, 0.1) is 0 Å². The summed E-state index contributed by atoms with van der Waals surface area (Å²) in [4.78, 5) is 9.19. The van der Waals surface area contributed by atoms with Crippen molar-refractivity contribution in [2.75, 3.05) is 0 Å². The number of halogens is 5. The van der Waals surface area contributed by atoms with Gasteiger partial charge in [-0.3, -0.25) is 0 Å². The summed E-state index contributed by atoms with van der Waals surface area (Å²) in [6.07, 6.45) is -6.64. The third-order valence-corrected chi connectivity index (χ3v) is 8.45. The first kappa shape index (κ1) is 25.0. The molecular formula is C21H17Cl3F2O2P2. The van der Waals surface area contributed by atoms with Crippen LogP contribution in [-0.4, -0.2) is 6.43 Å². The largest absolute Gasteiger partial charge is 0.776 e. The van der Waals surface area contributed by atoms with Gasteiger partial charge in [0.2, 0.25) is 0 Å². The molecule has 0 aliphatic rings. The molecule has 0 atom stereocenters. The zero-order valence-electron chi connectivity index (χ0n) is 15.4. The van der Waals surface area contributed by atoms with Gasteiger partial charge in [-0.15, -0.1) is 0 Å².